The minimum Gasteiger partial charge on any atom is -0.507 e. The molecule has 0 aliphatic heterocycles. The van der Waals surface area contributed by atoms with E-state index in [1.807, 2.05) is 42.5 Å². The Morgan fingerprint density at radius 1 is 0.923 bits per heavy atom. The van der Waals surface area contributed by atoms with Gasteiger partial charge >= 0.3 is 0 Å². The average Bonchev–Trinajstić information content (AvgIpc) is 2.68. The van der Waals surface area contributed by atoms with E-state index in [2.05, 4.69) is 4.99 Å². The second-order valence-electron chi connectivity index (χ2n) is 5.72. The van der Waals surface area contributed by atoms with Crippen molar-refractivity contribution in [2.75, 3.05) is 21.3 Å². The fraction of sp³-hybridized carbons (Fsp3) is 0.190. The van der Waals surface area contributed by atoms with Crippen LogP contribution in [0.1, 0.15) is 11.1 Å². The molecular formula is C21H21NO4. The quantitative estimate of drug-likeness (QED) is 0.677. The number of hydrogen-bond donors (Lipinski definition) is 1. The third-order valence-electron chi connectivity index (χ3n) is 4.17. The highest BCUT2D eigenvalue weighted by Gasteiger charge is 2.12. The molecule has 0 unspecified atom stereocenters. The van der Waals surface area contributed by atoms with Crippen LogP contribution < -0.4 is 14.2 Å². The van der Waals surface area contributed by atoms with Crippen LogP contribution in [0.5, 0.6) is 23.0 Å². The fourth-order valence-electron chi connectivity index (χ4n) is 2.89. The fourth-order valence-corrected chi connectivity index (χ4v) is 2.89. The van der Waals surface area contributed by atoms with Gasteiger partial charge in [0.05, 0.1) is 27.9 Å². The Bertz CT molecular complexity index is 925. The van der Waals surface area contributed by atoms with E-state index in [-0.39, 0.29) is 5.75 Å². The molecular weight excluding hydrogens is 330 g/mol. The summed E-state index contributed by atoms with van der Waals surface area (Å²) in [4.78, 5) is 4.49. The lowest BCUT2D eigenvalue weighted by Gasteiger charge is -2.13. The molecule has 26 heavy (non-hydrogen) atoms. The van der Waals surface area contributed by atoms with E-state index in [1.54, 1.807) is 33.6 Å². The molecule has 0 saturated heterocycles. The van der Waals surface area contributed by atoms with Crippen LogP contribution in [-0.4, -0.2) is 32.7 Å². The van der Waals surface area contributed by atoms with Crippen LogP contribution in [0.3, 0.4) is 0 Å². The Morgan fingerprint density at radius 2 is 1.62 bits per heavy atom. The first-order valence-corrected chi connectivity index (χ1v) is 8.17. The van der Waals surface area contributed by atoms with E-state index in [0.717, 1.165) is 16.3 Å². The SMILES string of the molecule is COc1cc(CN=Cc2c(O)ccc3ccccc23)cc(OC)c1OC. The van der Waals surface area contributed by atoms with Crippen LogP contribution in [-0.2, 0) is 6.54 Å². The molecule has 3 aromatic rings. The summed E-state index contributed by atoms with van der Waals surface area (Å²) in [5.74, 6) is 1.93. The number of methoxy groups -OCH3 is 3. The van der Waals surface area contributed by atoms with E-state index >= 15 is 0 Å². The van der Waals surface area contributed by atoms with Crippen molar-refractivity contribution in [3.8, 4) is 23.0 Å². The van der Waals surface area contributed by atoms with Crippen molar-refractivity contribution in [1.82, 2.24) is 0 Å². The van der Waals surface area contributed by atoms with Gasteiger partial charge in [0.15, 0.2) is 11.5 Å². The van der Waals surface area contributed by atoms with Crippen LogP contribution in [0.4, 0.5) is 0 Å². The first-order chi connectivity index (χ1) is 12.7. The van der Waals surface area contributed by atoms with Crippen molar-refractivity contribution in [3.05, 3.63) is 59.7 Å². The first-order valence-electron chi connectivity index (χ1n) is 8.17. The lowest BCUT2D eigenvalue weighted by atomic mass is 10.0. The topological polar surface area (TPSA) is 60.3 Å². The Balaban J connectivity index is 1.91. The van der Waals surface area contributed by atoms with E-state index in [1.165, 1.54) is 0 Å². The number of fused-ring (bicyclic) bond motifs is 1. The third kappa shape index (κ3) is 3.42. The first kappa shape index (κ1) is 17.6. The van der Waals surface area contributed by atoms with Crippen molar-refractivity contribution in [2.24, 2.45) is 4.99 Å². The van der Waals surface area contributed by atoms with Crippen LogP contribution in [0.2, 0.25) is 0 Å². The molecule has 3 aromatic carbocycles. The Kier molecular flexibility index (Phi) is 5.27. The van der Waals surface area contributed by atoms with Crippen molar-refractivity contribution in [3.63, 3.8) is 0 Å². The van der Waals surface area contributed by atoms with E-state index in [0.29, 0.717) is 29.4 Å². The summed E-state index contributed by atoms with van der Waals surface area (Å²) < 4.78 is 16.1. The van der Waals surface area contributed by atoms with Crippen molar-refractivity contribution in [2.45, 2.75) is 6.54 Å². The average molecular weight is 351 g/mol. The van der Waals surface area contributed by atoms with E-state index in [4.69, 9.17) is 14.2 Å². The molecule has 0 bridgehead atoms. The van der Waals surface area contributed by atoms with Crippen LogP contribution >= 0.6 is 0 Å². The minimum absolute atomic E-state index is 0.206. The lowest BCUT2D eigenvalue weighted by molar-refractivity contribution is 0.324. The summed E-state index contributed by atoms with van der Waals surface area (Å²) in [6, 6.07) is 15.2. The van der Waals surface area contributed by atoms with E-state index < -0.39 is 0 Å². The number of aliphatic imine (C=N–C) groups is 1. The second-order valence-corrected chi connectivity index (χ2v) is 5.72. The van der Waals surface area contributed by atoms with Crippen molar-refractivity contribution in [1.29, 1.82) is 0 Å². The lowest BCUT2D eigenvalue weighted by Crippen LogP contribution is -1.97. The molecule has 3 rings (SSSR count). The molecule has 0 radical (unpaired) electrons. The molecule has 0 atom stereocenters. The number of benzene rings is 3. The molecule has 0 saturated carbocycles. The highest BCUT2D eigenvalue weighted by Crippen LogP contribution is 2.38. The van der Waals surface area contributed by atoms with Crippen LogP contribution in [0.25, 0.3) is 10.8 Å². The summed E-state index contributed by atoms with van der Waals surface area (Å²) in [7, 11) is 4.73. The molecule has 0 amide bonds. The molecule has 5 heteroatoms. The van der Waals surface area contributed by atoms with Gasteiger partial charge in [-0.1, -0.05) is 30.3 Å². The number of nitrogens with zero attached hydrogens (tertiary/aromatic N) is 1. The zero-order chi connectivity index (χ0) is 18.5. The van der Waals surface area contributed by atoms with Gasteiger partial charge in [0, 0.05) is 11.8 Å². The van der Waals surface area contributed by atoms with Gasteiger partial charge in [0.2, 0.25) is 5.75 Å². The molecule has 0 heterocycles. The monoisotopic (exact) mass is 351 g/mol. The number of hydrogen-bond acceptors (Lipinski definition) is 5. The molecule has 0 fully saturated rings. The highest BCUT2D eigenvalue weighted by molar-refractivity contribution is 6.02. The van der Waals surface area contributed by atoms with Crippen LogP contribution in [0, 0.1) is 0 Å². The standard InChI is InChI=1S/C21H21NO4/c1-24-19-10-14(11-20(25-2)21(19)26-3)12-22-13-17-16-7-5-4-6-15(16)8-9-18(17)23/h4-11,13,23H,12H2,1-3H3. The predicted octanol–water partition coefficient (Wildman–Crippen LogP) is 4.19. The maximum absolute atomic E-state index is 10.2. The normalized spacial score (nSPS) is 11.0. The van der Waals surface area contributed by atoms with Gasteiger partial charge in [0.25, 0.3) is 0 Å². The molecule has 0 aliphatic carbocycles. The predicted molar refractivity (Wildman–Crippen MR) is 103 cm³/mol. The van der Waals surface area contributed by atoms with Gasteiger partial charge < -0.3 is 19.3 Å². The van der Waals surface area contributed by atoms with E-state index in [9.17, 15) is 5.11 Å². The maximum atomic E-state index is 10.2. The smallest absolute Gasteiger partial charge is 0.203 e. The zero-order valence-electron chi connectivity index (χ0n) is 15.0. The molecule has 0 spiro atoms. The van der Waals surface area contributed by atoms with Gasteiger partial charge in [0.1, 0.15) is 5.75 Å². The second kappa shape index (κ2) is 7.78. The summed E-state index contributed by atoms with van der Waals surface area (Å²) in [6.07, 6.45) is 1.70. The van der Waals surface area contributed by atoms with Gasteiger partial charge in [-0.25, -0.2) is 0 Å². The van der Waals surface area contributed by atoms with Crippen molar-refractivity contribution < 1.29 is 19.3 Å². The maximum Gasteiger partial charge on any atom is 0.203 e. The highest BCUT2D eigenvalue weighted by atomic mass is 16.5. The summed E-state index contributed by atoms with van der Waals surface area (Å²) in [5, 5.41) is 12.2. The third-order valence-corrected chi connectivity index (χ3v) is 4.17. The molecule has 0 aromatic heterocycles. The number of aromatic hydroxyl groups is 1. The van der Waals surface area contributed by atoms with Gasteiger partial charge in [-0.05, 0) is 34.5 Å². The number of rotatable bonds is 6. The van der Waals surface area contributed by atoms with Gasteiger partial charge in [-0.15, -0.1) is 0 Å². The summed E-state index contributed by atoms with van der Waals surface area (Å²) in [6.45, 7) is 0.416. The molecule has 1 N–H and O–H groups in total. The summed E-state index contributed by atoms with van der Waals surface area (Å²) in [5.41, 5.74) is 1.62. The zero-order valence-corrected chi connectivity index (χ0v) is 15.0. The van der Waals surface area contributed by atoms with Crippen molar-refractivity contribution >= 4 is 17.0 Å². The van der Waals surface area contributed by atoms with Gasteiger partial charge in [-0.2, -0.15) is 0 Å². The molecule has 0 aliphatic rings. The summed E-state index contributed by atoms with van der Waals surface area (Å²) >= 11 is 0. The largest absolute Gasteiger partial charge is 0.507 e. The Labute approximate surface area is 152 Å². The molecule has 5 nitrogen and oxygen atoms in total. The molecule has 134 valence electrons. The minimum atomic E-state index is 0.206. The van der Waals surface area contributed by atoms with Crippen LogP contribution in [0.15, 0.2) is 53.5 Å². The Hall–Kier alpha value is -3.21. The Morgan fingerprint density at radius 3 is 2.27 bits per heavy atom. The number of phenols is 1. The number of phenolic OH excluding ortho intramolecular Hbond substituents is 1. The number of ether oxygens (including phenoxy) is 3. The van der Waals surface area contributed by atoms with Gasteiger partial charge in [-0.3, -0.25) is 4.99 Å².